The molecule has 0 aromatic heterocycles. The quantitative estimate of drug-likeness (QED) is 0.892. The van der Waals surface area contributed by atoms with E-state index in [2.05, 4.69) is 12.1 Å². The van der Waals surface area contributed by atoms with E-state index in [1.807, 2.05) is 6.07 Å². The van der Waals surface area contributed by atoms with E-state index in [9.17, 15) is 4.79 Å². The highest BCUT2D eigenvalue weighted by Crippen LogP contribution is 2.44. The van der Waals surface area contributed by atoms with Gasteiger partial charge in [-0.1, -0.05) is 37.5 Å². The molecule has 0 amide bonds. The molecule has 0 saturated heterocycles. The molecule has 0 spiro atoms. The lowest BCUT2D eigenvalue weighted by molar-refractivity contribution is -0.136. The minimum absolute atomic E-state index is 0.154. The van der Waals surface area contributed by atoms with Crippen molar-refractivity contribution < 1.29 is 9.90 Å². The zero-order valence-corrected chi connectivity index (χ0v) is 11.4. The van der Waals surface area contributed by atoms with E-state index in [1.54, 1.807) is 0 Å². The van der Waals surface area contributed by atoms with Crippen molar-refractivity contribution in [2.75, 3.05) is 0 Å². The Hall–Kier alpha value is -1.31. The molecule has 1 saturated carbocycles. The number of aliphatic carboxylic acids is 1. The minimum atomic E-state index is -0.734. The van der Waals surface area contributed by atoms with Crippen LogP contribution in [0.2, 0.25) is 0 Å². The van der Waals surface area contributed by atoms with Gasteiger partial charge in [-0.15, -0.1) is 0 Å². The van der Waals surface area contributed by atoms with E-state index < -0.39 is 5.97 Å². The third-order valence-electron chi connectivity index (χ3n) is 4.91. The van der Waals surface area contributed by atoms with Gasteiger partial charge in [-0.3, -0.25) is 4.79 Å². The molecular weight excluding hydrogens is 236 g/mol. The molecule has 1 atom stereocenters. The second-order valence-corrected chi connectivity index (χ2v) is 6.15. The highest BCUT2D eigenvalue weighted by atomic mass is 16.4. The highest BCUT2D eigenvalue weighted by molar-refractivity contribution is 5.70. The Labute approximate surface area is 114 Å². The van der Waals surface area contributed by atoms with Gasteiger partial charge >= 0.3 is 5.97 Å². The maximum Gasteiger partial charge on any atom is 0.307 e. The number of hydrogen-bond donors (Lipinski definition) is 1. The second-order valence-electron chi connectivity index (χ2n) is 6.15. The molecule has 1 aromatic carbocycles. The Balaban J connectivity index is 1.78. The van der Waals surface area contributed by atoms with Crippen LogP contribution in [0.4, 0.5) is 0 Å². The molecule has 2 nitrogen and oxygen atoms in total. The molecule has 19 heavy (non-hydrogen) atoms. The van der Waals surface area contributed by atoms with Gasteiger partial charge in [0.15, 0.2) is 0 Å². The summed E-state index contributed by atoms with van der Waals surface area (Å²) in [6.07, 6.45) is 9.55. The standard InChI is InChI=1S/C17H22O2/c18-17(19)11-12-6-8-16-14(10-12)7-9-15(16)13-4-2-1-3-5-13/h6,8,10,13,15H,1-5,7,9,11H2,(H,18,19). The van der Waals surface area contributed by atoms with Crippen molar-refractivity contribution in [1.82, 2.24) is 0 Å². The van der Waals surface area contributed by atoms with Gasteiger partial charge in [-0.25, -0.2) is 0 Å². The van der Waals surface area contributed by atoms with Crippen molar-refractivity contribution in [2.24, 2.45) is 5.92 Å². The van der Waals surface area contributed by atoms with Crippen molar-refractivity contribution in [3.8, 4) is 0 Å². The summed E-state index contributed by atoms with van der Waals surface area (Å²) in [6.45, 7) is 0. The van der Waals surface area contributed by atoms with E-state index in [0.29, 0.717) is 0 Å². The van der Waals surface area contributed by atoms with Gasteiger partial charge in [-0.05, 0) is 54.2 Å². The van der Waals surface area contributed by atoms with Gasteiger partial charge in [0.2, 0.25) is 0 Å². The van der Waals surface area contributed by atoms with Gasteiger partial charge in [0.05, 0.1) is 6.42 Å². The number of aryl methyl sites for hydroxylation is 1. The maximum absolute atomic E-state index is 10.8. The van der Waals surface area contributed by atoms with Crippen molar-refractivity contribution in [3.05, 3.63) is 34.9 Å². The van der Waals surface area contributed by atoms with Gasteiger partial charge in [0.25, 0.3) is 0 Å². The Bertz CT molecular complexity index is 472. The van der Waals surface area contributed by atoms with Crippen molar-refractivity contribution in [3.63, 3.8) is 0 Å². The number of rotatable bonds is 3. The van der Waals surface area contributed by atoms with E-state index in [4.69, 9.17) is 5.11 Å². The summed E-state index contributed by atoms with van der Waals surface area (Å²) >= 11 is 0. The molecule has 2 heteroatoms. The summed E-state index contributed by atoms with van der Waals surface area (Å²) in [5, 5.41) is 8.87. The molecule has 2 aliphatic carbocycles. The number of carbonyl (C=O) groups is 1. The SMILES string of the molecule is O=C(O)Cc1ccc2c(c1)CCC2C1CCCCC1. The molecule has 1 aromatic rings. The van der Waals surface area contributed by atoms with Crippen LogP contribution in [0.3, 0.4) is 0 Å². The molecule has 0 radical (unpaired) electrons. The van der Waals surface area contributed by atoms with Gasteiger partial charge in [0.1, 0.15) is 0 Å². The van der Waals surface area contributed by atoms with Crippen LogP contribution in [0.15, 0.2) is 18.2 Å². The fraction of sp³-hybridized carbons (Fsp3) is 0.588. The van der Waals surface area contributed by atoms with Gasteiger partial charge in [-0.2, -0.15) is 0 Å². The number of benzene rings is 1. The molecule has 2 aliphatic rings. The fourth-order valence-corrected chi connectivity index (χ4v) is 4.01. The average Bonchev–Trinajstić information content (AvgIpc) is 2.82. The first kappa shape index (κ1) is 12.7. The minimum Gasteiger partial charge on any atom is -0.481 e. The van der Waals surface area contributed by atoms with E-state index >= 15 is 0 Å². The molecule has 1 unspecified atom stereocenters. The van der Waals surface area contributed by atoms with Crippen LogP contribution in [-0.2, 0) is 17.6 Å². The van der Waals surface area contributed by atoms with Crippen LogP contribution in [-0.4, -0.2) is 11.1 Å². The van der Waals surface area contributed by atoms with Crippen LogP contribution in [0.25, 0.3) is 0 Å². The fourth-order valence-electron chi connectivity index (χ4n) is 4.01. The number of fused-ring (bicyclic) bond motifs is 1. The smallest absolute Gasteiger partial charge is 0.307 e. The predicted octanol–water partition coefficient (Wildman–Crippen LogP) is 3.92. The molecular formula is C17H22O2. The van der Waals surface area contributed by atoms with Crippen LogP contribution in [0.5, 0.6) is 0 Å². The zero-order chi connectivity index (χ0) is 13.2. The first-order valence-electron chi connectivity index (χ1n) is 7.57. The zero-order valence-electron chi connectivity index (χ0n) is 11.4. The summed E-state index contributed by atoms with van der Waals surface area (Å²) in [4.78, 5) is 10.8. The van der Waals surface area contributed by atoms with Crippen LogP contribution < -0.4 is 0 Å². The lowest BCUT2D eigenvalue weighted by atomic mass is 9.77. The summed E-state index contributed by atoms with van der Waals surface area (Å²) in [7, 11) is 0. The molecule has 3 rings (SSSR count). The lowest BCUT2D eigenvalue weighted by Crippen LogP contribution is -2.14. The average molecular weight is 258 g/mol. The number of carboxylic acids is 1. The number of hydrogen-bond acceptors (Lipinski definition) is 1. The van der Waals surface area contributed by atoms with Crippen molar-refractivity contribution in [1.29, 1.82) is 0 Å². The monoisotopic (exact) mass is 258 g/mol. The third kappa shape index (κ3) is 2.68. The second kappa shape index (κ2) is 5.36. The van der Waals surface area contributed by atoms with Crippen LogP contribution >= 0.6 is 0 Å². The number of carboxylic acid groups (broad SMARTS) is 1. The highest BCUT2D eigenvalue weighted by Gasteiger charge is 2.30. The van der Waals surface area contributed by atoms with Crippen molar-refractivity contribution in [2.45, 2.75) is 57.3 Å². The molecule has 0 bridgehead atoms. The van der Waals surface area contributed by atoms with Gasteiger partial charge in [0, 0.05) is 0 Å². The third-order valence-corrected chi connectivity index (χ3v) is 4.91. The normalized spacial score (nSPS) is 23.3. The lowest BCUT2D eigenvalue weighted by Gasteiger charge is -2.28. The molecule has 1 fully saturated rings. The Morgan fingerprint density at radius 1 is 1.16 bits per heavy atom. The first-order valence-corrected chi connectivity index (χ1v) is 7.57. The van der Waals surface area contributed by atoms with Crippen LogP contribution in [0.1, 0.15) is 61.1 Å². The molecule has 0 aliphatic heterocycles. The van der Waals surface area contributed by atoms with Crippen molar-refractivity contribution >= 4 is 5.97 Å². The van der Waals surface area contributed by atoms with E-state index in [-0.39, 0.29) is 6.42 Å². The Kier molecular flexibility index (Phi) is 3.58. The summed E-state index contributed by atoms with van der Waals surface area (Å²) < 4.78 is 0. The first-order chi connectivity index (χ1) is 9.24. The predicted molar refractivity (Wildman–Crippen MR) is 75.4 cm³/mol. The van der Waals surface area contributed by atoms with E-state index in [0.717, 1.165) is 23.8 Å². The van der Waals surface area contributed by atoms with E-state index in [1.165, 1.54) is 49.7 Å². The summed E-state index contributed by atoms with van der Waals surface area (Å²) in [5.74, 6) is 0.885. The summed E-state index contributed by atoms with van der Waals surface area (Å²) in [6, 6.07) is 6.36. The Morgan fingerprint density at radius 2 is 1.95 bits per heavy atom. The largest absolute Gasteiger partial charge is 0.481 e. The van der Waals surface area contributed by atoms with Gasteiger partial charge < -0.3 is 5.11 Å². The maximum atomic E-state index is 10.8. The van der Waals surface area contributed by atoms with Crippen LogP contribution in [0, 0.1) is 5.92 Å². The topological polar surface area (TPSA) is 37.3 Å². The molecule has 102 valence electrons. The molecule has 0 heterocycles. The Morgan fingerprint density at radius 3 is 2.68 bits per heavy atom. The summed E-state index contributed by atoms with van der Waals surface area (Å²) in [5.41, 5.74) is 3.88. The molecule has 1 N–H and O–H groups in total.